The van der Waals surface area contributed by atoms with Gasteiger partial charge in [-0.25, -0.2) is 0 Å². The number of hydrogen-bond acceptors (Lipinski definition) is 4. The van der Waals surface area contributed by atoms with Crippen molar-refractivity contribution < 1.29 is 19.4 Å². The van der Waals surface area contributed by atoms with Gasteiger partial charge in [0.1, 0.15) is 5.76 Å². The van der Waals surface area contributed by atoms with Crippen molar-refractivity contribution in [2.24, 2.45) is 0 Å². The number of nitrogens with one attached hydrogen (secondary N) is 1. The van der Waals surface area contributed by atoms with Crippen molar-refractivity contribution in [2.75, 3.05) is 13.2 Å². The molecule has 0 radical (unpaired) electrons. The smallest absolute Gasteiger partial charge is 0.221 e. The zero-order valence-electron chi connectivity index (χ0n) is 9.98. The molecular formula is C12H19NO4. The number of aliphatic hydroxyl groups is 2. The van der Waals surface area contributed by atoms with Gasteiger partial charge in [0.2, 0.25) is 5.91 Å². The van der Waals surface area contributed by atoms with E-state index in [1.54, 1.807) is 25.3 Å². The van der Waals surface area contributed by atoms with E-state index in [2.05, 4.69) is 5.32 Å². The lowest BCUT2D eigenvalue weighted by Gasteiger charge is -2.29. The third-order valence-electron chi connectivity index (χ3n) is 2.87. The maximum absolute atomic E-state index is 11.7. The van der Waals surface area contributed by atoms with Crippen molar-refractivity contribution in [1.82, 2.24) is 5.32 Å². The van der Waals surface area contributed by atoms with Crippen LogP contribution < -0.4 is 5.32 Å². The molecule has 0 saturated carbocycles. The van der Waals surface area contributed by atoms with Crippen LogP contribution in [0.25, 0.3) is 0 Å². The molecule has 3 N–H and O–H groups in total. The molecule has 0 aliphatic heterocycles. The molecule has 17 heavy (non-hydrogen) atoms. The van der Waals surface area contributed by atoms with Crippen LogP contribution in [0.1, 0.15) is 25.5 Å². The van der Waals surface area contributed by atoms with Gasteiger partial charge < -0.3 is 19.9 Å². The Kier molecular flexibility index (Phi) is 5.18. The fourth-order valence-corrected chi connectivity index (χ4v) is 1.49. The first-order chi connectivity index (χ1) is 8.15. The number of furan rings is 1. The summed E-state index contributed by atoms with van der Waals surface area (Å²) in [6.07, 6.45) is 2.82. The summed E-state index contributed by atoms with van der Waals surface area (Å²) in [5.41, 5.74) is -0.916. The Labute approximate surface area is 100 Å². The van der Waals surface area contributed by atoms with E-state index in [0.29, 0.717) is 12.8 Å². The number of hydrogen-bond donors (Lipinski definition) is 3. The molecule has 5 nitrogen and oxygen atoms in total. The number of carbonyl (C=O) groups is 1. The molecule has 1 amide bonds. The first kappa shape index (κ1) is 13.7. The summed E-state index contributed by atoms with van der Waals surface area (Å²) in [6, 6.07) is 3.57. The lowest BCUT2D eigenvalue weighted by atomic mass is 9.98. The van der Waals surface area contributed by atoms with Crippen molar-refractivity contribution >= 4 is 5.91 Å². The van der Waals surface area contributed by atoms with Gasteiger partial charge in [-0.3, -0.25) is 4.79 Å². The van der Waals surface area contributed by atoms with E-state index >= 15 is 0 Å². The lowest BCUT2D eigenvalue weighted by Crippen LogP contribution is -2.53. The number of amides is 1. The molecule has 0 aromatic carbocycles. The molecule has 0 atom stereocenters. The van der Waals surface area contributed by atoms with Gasteiger partial charge in [0.05, 0.1) is 25.0 Å². The summed E-state index contributed by atoms with van der Waals surface area (Å²) in [7, 11) is 0. The van der Waals surface area contributed by atoms with Gasteiger partial charge in [0.15, 0.2) is 0 Å². The fraction of sp³-hybridized carbons (Fsp3) is 0.583. The minimum atomic E-state index is -0.916. The second kappa shape index (κ2) is 6.42. The molecule has 0 aliphatic carbocycles. The lowest BCUT2D eigenvalue weighted by molar-refractivity contribution is -0.124. The molecule has 0 bridgehead atoms. The van der Waals surface area contributed by atoms with Gasteiger partial charge in [-0.15, -0.1) is 0 Å². The van der Waals surface area contributed by atoms with Crippen LogP contribution in [0.15, 0.2) is 22.8 Å². The van der Waals surface area contributed by atoms with E-state index in [-0.39, 0.29) is 25.5 Å². The van der Waals surface area contributed by atoms with E-state index < -0.39 is 5.54 Å². The second-order valence-corrected chi connectivity index (χ2v) is 4.08. The summed E-state index contributed by atoms with van der Waals surface area (Å²) in [6.45, 7) is 1.26. The van der Waals surface area contributed by atoms with Gasteiger partial charge in [0.25, 0.3) is 0 Å². The van der Waals surface area contributed by atoms with Crippen molar-refractivity contribution in [3.8, 4) is 0 Å². The highest BCUT2D eigenvalue weighted by atomic mass is 16.3. The molecule has 0 fully saturated rings. The fourth-order valence-electron chi connectivity index (χ4n) is 1.49. The Hall–Kier alpha value is -1.33. The molecule has 1 aromatic heterocycles. The Morgan fingerprint density at radius 3 is 2.65 bits per heavy atom. The van der Waals surface area contributed by atoms with Crippen molar-refractivity contribution in [3.63, 3.8) is 0 Å². The van der Waals surface area contributed by atoms with Crippen LogP contribution in [0.4, 0.5) is 0 Å². The maximum Gasteiger partial charge on any atom is 0.221 e. The van der Waals surface area contributed by atoms with E-state index in [9.17, 15) is 15.0 Å². The minimum Gasteiger partial charge on any atom is -0.469 e. The SMILES string of the molecule is CCC(CO)(CO)NC(=O)CCc1ccco1. The normalized spacial score (nSPS) is 11.5. The molecule has 0 aliphatic rings. The van der Waals surface area contributed by atoms with Gasteiger partial charge in [-0.1, -0.05) is 6.92 Å². The summed E-state index contributed by atoms with van der Waals surface area (Å²) in [4.78, 5) is 11.7. The molecule has 1 heterocycles. The van der Waals surface area contributed by atoms with Gasteiger partial charge in [0, 0.05) is 12.8 Å². The molecular weight excluding hydrogens is 222 g/mol. The molecule has 5 heteroatoms. The van der Waals surface area contributed by atoms with Gasteiger partial charge in [-0.05, 0) is 18.6 Å². The van der Waals surface area contributed by atoms with Crippen LogP contribution in [0, 0.1) is 0 Å². The third-order valence-corrected chi connectivity index (χ3v) is 2.87. The number of rotatable bonds is 7. The largest absolute Gasteiger partial charge is 0.469 e. The van der Waals surface area contributed by atoms with Crippen molar-refractivity contribution in [1.29, 1.82) is 0 Å². The zero-order valence-corrected chi connectivity index (χ0v) is 9.98. The molecule has 0 spiro atoms. The predicted octanol–water partition coefficient (Wildman–Crippen LogP) is 0.462. The van der Waals surface area contributed by atoms with E-state index in [0.717, 1.165) is 5.76 Å². The standard InChI is InChI=1S/C12H19NO4/c1-2-12(8-14,9-15)13-11(16)6-5-10-4-3-7-17-10/h3-4,7,14-15H,2,5-6,8-9H2,1H3,(H,13,16). The Balaban J connectivity index is 2.42. The highest BCUT2D eigenvalue weighted by Crippen LogP contribution is 2.10. The van der Waals surface area contributed by atoms with Crippen LogP contribution in [0.5, 0.6) is 0 Å². The molecule has 96 valence electrons. The zero-order chi connectivity index (χ0) is 12.7. The summed E-state index contributed by atoms with van der Waals surface area (Å²) < 4.78 is 5.11. The Morgan fingerprint density at radius 2 is 2.18 bits per heavy atom. The second-order valence-electron chi connectivity index (χ2n) is 4.08. The third kappa shape index (κ3) is 3.87. The molecule has 0 saturated heterocycles. The average Bonchev–Trinajstić information content (AvgIpc) is 2.87. The molecule has 1 aromatic rings. The highest BCUT2D eigenvalue weighted by Gasteiger charge is 2.28. The van der Waals surface area contributed by atoms with Crippen LogP contribution >= 0.6 is 0 Å². The van der Waals surface area contributed by atoms with E-state index in [1.807, 2.05) is 0 Å². The quantitative estimate of drug-likeness (QED) is 0.647. The first-order valence-electron chi connectivity index (χ1n) is 5.71. The van der Waals surface area contributed by atoms with Crippen LogP contribution in [-0.4, -0.2) is 34.9 Å². The monoisotopic (exact) mass is 241 g/mol. The Morgan fingerprint density at radius 1 is 1.47 bits per heavy atom. The Bertz CT molecular complexity index is 322. The number of aryl methyl sites for hydroxylation is 1. The highest BCUT2D eigenvalue weighted by molar-refractivity contribution is 5.77. The van der Waals surface area contributed by atoms with Crippen LogP contribution in [0.2, 0.25) is 0 Å². The topological polar surface area (TPSA) is 82.7 Å². The predicted molar refractivity (Wildman–Crippen MR) is 62.4 cm³/mol. The van der Waals surface area contributed by atoms with Crippen molar-refractivity contribution in [3.05, 3.63) is 24.2 Å². The average molecular weight is 241 g/mol. The van der Waals surface area contributed by atoms with Crippen molar-refractivity contribution in [2.45, 2.75) is 31.7 Å². The minimum absolute atomic E-state index is 0.202. The van der Waals surface area contributed by atoms with Crippen LogP contribution in [0.3, 0.4) is 0 Å². The van der Waals surface area contributed by atoms with E-state index in [1.165, 1.54) is 0 Å². The van der Waals surface area contributed by atoms with Gasteiger partial charge in [-0.2, -0.15) is 0 Å². The number of aliphatic hydroxyl groups excluding tert-OH is 2. The molecule has 1 rings (SSSR count). The first-order valence-corrected chi connectivity index (χ1v) is 5.71. The summed E-state index contributed by atoms with van der Waals surface area (Å²) in [5.74, 6) is 0.543. The van der Waals surface area contributed by atoms with E-state index in [4.69, 9.17) is 4.42 Å². The summed E-state index contributed by atoms with van der Waals surface area (Å²) in [5, 5.41) is 21.0. The maximum atomic E-state index is 11.7. The van der Waals surface area contributed by atoms with Gasteiger partial charge >= 0.3 is 0 Å². The number of carbonyl (C=O) groups excluding carboxylic acids is 1. The summed E-state index contributed by atoms with van der Waals surface area (Å²) >= 11 is 0. The van der Waals surface area contributed by atoms with Crippen LogP contribution in [-0.2, 0) is 11.2 Å². The molecule has 0 unspecified atom stereocenters.